The van der Waals surface area contributed by atoms with E-state index in [9.17, 15) is 4.79 Å². The lowest BCUT2D eigenvalue weighted by molar-refractivity contribution is 0.0572. The quantitative estimate of drug-likeness (QED) is 0.928. The van der Waals surface area contributed by atoms with Gasteiger partial charge in [0.15, 0.2) is 5.13 Å². The number of para-hydroxylation sites is 1. The van der Waals surface area contributed by atoms with Gasteiger partial charge >= 0.3 is 6.03 Å². The molecule has 2 aromatic rings. The number of aromatic nitrogens is 1. The lowest BCUT2D eigenvalue weighted by Crippen LogP contribution is -2.51. The zero-order valence-electron chi connectivity index (χ0n) is 13.6. The Balaban J connectivity index is 1.29. The Labute approximate surface area is 145 Å². The van der Waals surface area contributed by atoms with Gasteiger partial charge in [-0.1, -0.05) is 23.5 Å². The van der Waals surface area contributed by atoms with E-state index in [-0.39, 0.29) is 6.03 Å². The number of thiazole rings is 1. The molecule has 1 N–H and O–H groups in total. The first-order valence-electron chi connectivity index (χ1n) is 8.53. The fourth-order valence-corrected chi connectivity index (χ4v) is 4.16. The minimum atomic E-state index is -0.0502. The second kappa shape index (κ2) is 7.04. The molecule has 3 heterocycles. The van der Waals surface area contributed by atoms with Gasteiger partial charge < -0.3 is 9.64 Å². The van der Waals surface area contributed by atoms with Crippen LogP contribution in [-0.4, -0.2) is 66.2 Å². The van der Waals surface area contributed by atoms with Crippen molar-refractivity contribution < 1.29 is 9.53 Å². The number of rotatable bonds is 3. The summed E-state index contributed by atoms with van der Waals surface area (Å²) in [6.07, 6.45) is 2.72. The van der Waals surface area contributed by atoms with E-state index in [0.717, 1.165) is 56.0 Å². The van der Waals surface area contributed by atoms with Crippen LogP contribution in [-0.2, 0) is 4.74 Å². The van der Waals surface area contributed by atoms with Gasteiger partial charge in [-0.15, -0.1) is 0 Å². The number of hydrogen-bond donors (Lipinski definition) is 1. The van der Waals surface area contributed by atoms with Crippen LogP contribution in [0.2, 0.25) is 0 Å². The van der Waals surface area contributed by atoms with Gasteiger partial charge in [0, 0.05) is 39.3 Å². The number of urea groups is 1. The summed E-state index contributed by atoms with van der Waals surface area (Å²) in [5.74, 6) is 0. The fourth-order valence-electron chi connectivity index (χ4n) is 3.31. The van der Waals surface area contributed by atoms with Crippen molar-refractivity contribution in [3.05, 3.63) is 24.3 Å². The van der Waals surface area contributed by atoms with E-state index in [2.05, 4.69) is 15.2 Å². The van der Waals surface area contributed by atoms with Crippen LogP contribution in [0.3, 0.4) is 0 Å². The third-order valence-corrected chi connectivity index (χ3v) is 5.60. The van der Waals surface area contributed by atoms with Gasteiger partial charge in [0.2, 0.25) is 0 Å². The van der Waals surface area contributed by atoms with Crippen molar-refractivity contribution in [1.29, 1.82) is 0 Å². The molecule has 1 aromatic heterocycles. The molecule has 1 atom stereocenters. The van der Waals surface area contributed by atoms with Crippen molar-refractivity contribution in [2.24, 2.45) is 0 Å². The number of fused-ring (bicyclic) bond motifs is 1. The molecule has 0 saturated carbocycles. The summed E-state index contributed by atoms with van der Waals surface area (Å²) in [7, 11) is 0. The van der Waals surface area contributed by atoms with E-state index >= 15 is 0 Å². The van der Waals surface area contributed by atoms with Gasteiger partial charge in [-0.2, -0.15) is 0 Å². The number of hydrogen-bond acceptors (Lipinski definition) is 5. The molecule has 2 amide bonds. The van der Waals surface area contributed by atoms with Crippen LogP contribution < -0.4 is 5.32 Å². The maximum Gasteiger partial charge on any atom is 0.323 e. The molecule has 2 saturated heterocycles. The average Bonchev–Trinajstić information content (AvgIpc) is 3.24. The summed E-state index contributed by atoms with van der Waals surface area (Å²) in [6.45, 7) is 5.22. The number of nitrogens with zero attached hydrogens (tertiary/aromatic N) is 3. The van der Waals surface area contributed by atoms with Gasteiger partial charge in [0.25, 0.3) is 0 Å². The van der Waals surface area contributed by atoms with Gasteiger partial charge in [0.1, 0.15) is 0 Å². The molecule has 0 aliphatic carbocycles. The SMILES string of the molecule is O=C(Nc1nc2ccccc2s1)N1CCN(CC2CCCO2)CC1. The molecule has 128 valence electrons. The minimum absolute atomic E-state index is 0.0502. The van der Waals surface area contributed by atoms with Crippen LogP contribution in [0.5, 0.6) is 0 Å². The van der Waals surface area contributed by atoms with E-state index in [1.807, 2.05) is 29.2 Å². The highest BCUT2D eigenvalue weighted by molar-refractivity contribution is 7.22. The number of ether oxygens (including phenoxy) is 1. The molecule has 2 aliphatic rings. The first-order chi connectivity index (χ1) is 11.8. The van der Waals surface area contributed by atoms with Crippen molar-refractivity contribution in [3.63, 3.8) is 0 Å². The van der Waals surface area contributed by atoms with E-state index in [0.29, 0.717) is 11.2 Å². The number of amides is 2. The molecule has 6 nitrogen and oxygen atoms in total. The molecule has 4 rings (SSSR count). The number of carbonyl (C=O) groups excluding carboxylic acids is 1. The molecule has 1 unspecified atom stereocenters. The Hall–Kier alpha value is -1.70. The summed E-state index contributed by atoms with van der Waals surface area (Å²) in [4.78, 5) is 21.2. The van der Waals surface area contributed by atoms with E-state index < -0.39 is 0 Å². The number of nitrogens with one attached hydrogen (secondary N) is 1. The standard InChI is InChI=1S/C17H22N4O2S/c22-17(19-16-18-14-5-1-2-6-15(14)24-16)21-9-7-20(8-10-21)12-13-4-3-11-23-13/h1-2,5-6,13H,3-4,7-12H2,(H,18,19,22). The van der Waals surface area contributed by atoms with E-state index in [1.54, 1.807) is 0 Å². The maximum atomic E-state index is 12.4. The Morgan fingerprint density at radius 2 is 2.12 bits per heavy atom. The van der Waals surface area contributed by atoms with Crippen molar-refractivity contribution in [1.82, 2.24) is 14.8 Å². The highest BCUT2D eigenvalue weighted by atomic mass is 32.1. The number of anilines is 1. The van der Waals surface area contributed by atoms with Crippen LogP contribution in [0.15, 0.2) is 24.3 Å². The largest absolute Gasteiger partial charge is 0.377 e. The van der Waals surface area contributed by atoms with Gasteiger partial charge in [0.05, 0.1) is 16.3 Å². The molecular formula is C17H22N4O2S. The van der Waals surface area contributed by atoms with E-state index in [1.165, 1.54) is 17.8 Å². The molecular weight excluding hydrogens is 324 g/mol. The molecule has 1 aromatic carbocycles. The van der Waals surface area contributed by atoms with Crippen LogP contribution in [0.25, 0.3) is 10.2 Å². The smallest absolute Gasteiger partial charge is 0.323 e. The second-order valence-corrected chi connectivity index (χ2v) is 7.37. The zero-order chi connectivity index (χ0) is 16.4. The summed E-state index contributed by atoms with van der Waals surface area (Å²) < 4.78 is 6.79. The van der Waals surface area contributed by atoms with E-state index in [4.69, 9.17) is 4.74 Å². The number of carbonyl (C=O) groups is 1. The van der Waals surface area contributed by atoms with Crippen molar-refractivity contribution in [3.8, 4) is 0 Å². The highest BCUT2D eigenvalue weighted by Gasteiger charge is 2.25. The highest BCUT2D eigenvalue weighted by Crippen LogP contribution is 2.25. The summed E-state index contributed by atoms with van der Waals surface area (Å²) >= 11 is 1.51. The topological polar surface area (TPSA) is 57.7 Å². The average molecular weight is 346 g/mol. The van der Waals surface area contributed by atoms with Crippen LogP contribution in [0.4, 0.5) is 9.93 Å². The van der Waals surface area contributed by atoms with Gasteiger partial charge in [-0.3, -0.25) is 10.2 Å². The molecule has 2 aliphatic heterocycles. The monoisotopic (exact) mass is 346 g/mol. The normalized spacial score (nSPS) is 22.2. The maximum absolute atomic E-state index is 12.4. The number of piperazine rings is 1. The number of benzene rings is 1. The zero-order valence-corrected chi connectivity index (χ0v) is 14.4. The minimum Gasteiger partial charge on any atom is -0.377 e. The van der Waals surface area contributed by atoms with Crippen LogP contribution >= 0.6 is 11.3 Å². The first kappa shape index (κ1) is 15.8. The van der Waals surface area contributed by atoms with Crippen molar-refractivity contribution >= 4 is 32.7 Å². The van der Waals surface area contributed by atoms with Gasteiger partial charge in [-0.05, 0) is 25.0 Å². The Kier molecular flexibility index (Phi) is 4.64. The molecule has 24 heavy (non-hydrogen) atoms. The third kappa shape index (κ3) is 3.53. The Morgan fingerprint density at radius 3 is 2.88 bits per heavy atom. The Morgan fingerprint density at radius 1 is 1.29 bits per heavy atom. The summed E-state index contributed by atoms with van der Waals surface area (Å²) in [6, 6.07) is 7.88. The summed E-state index contributed by atoms with van der Waals surface area (Å²) in [5, 5.41) is 3.61. The Bertz CT molecular complexity index is 672. The van der Waals surface area contributed by atoms with Crippen molar-refractivity contribution in [2.45, 2.75) is 18.9 Å². The van der Waals surface area contributed by atoms with Crippen molar-refractivity contribution in [2.75, 3.05) is 44.6 Å². The molecule has 0 bridgehead atoms. The fraction of sp³-hybridized carbons (Fsp3) is 0.529. The predicted molar refractivity (Wildman–Crippen MR) is 95.6 cm³/mol. The third-order valence-electron chi connectivity index (χ3n) is 4.65. The molecule has 2 fully saturated rings. The lowest BCUT2D eigenvalue weighted by Gasteiger charge is -2.35. The van der Waals surface area contributed by atoms with Crippen LogP contribution in [0.1, 0.15) is 12.8 Å². The second-order valence-electron chi connectivity index (χ2n) is 6.34. The molecule has 0 spiro atoms. The predicted octanol–water partition coefficient (Wildman–Crippen LogP) is 2.62. The molecule has 7 heteroatoms. The van der Waals surface area contributed by atoms with Gasteiger partial charge in [-0.25, -0.2) is 9.78 Å². The van der Waals surface area contributed by atoms with Crippen LogP contribution in [0, 0.1) is 0 Å². The lowest BCUT2D eigenvalue weighted by atomic mass is 10.2. The first-order valence-corrected chi connectivity index (χ1v) is 9.35. The summed E-state index contributed by atoms with van der Waals surface area (Å²) in [5.41, 5.74) is 0.930. The molecule has 0 radical (unpaired) electrons.